The van der Waals surface area contributed by atoms with Crippen molar-refractivity contribution >= 4 is 11.0 Å². The average molecular weight is 132 g/mol. The van der Waals surface area contributed by atoms with Crippen LogP contribution in [0.5, 0.6) is 0 Å². The number of fused-ring (bicyclic) bond motifs is 1. The number of hydrogen-bond acceptors (Lipinski definition) is 4. The monoisotopic (exact) mass is 132 g/mol. The molecule has 2 heterocycles. The van der Waals surface area contributed by atoms with Gasteiger partial charge in [-0.25, -0.2) is 4.98 Å². The summed E-state index contributed by atoms with van der Waals surface area (Å²) in [5, 5.41) is 11.7. The highest BCUT2D eigenvalue weighted by molar-refractivity contribution is 5.71. The van der Waals surface area contributed by atoms with E-state index in [2.05, 4.69) is 20.4 Å². The summed E-state index contributed by atoms with van der Waals surface area (Å²) in [4.78, 5) is 3.97. The van der Waals surface area contributed by atoms with Gasteiger partial charge in [0.2, 0.25) is 0 Å². The number of rotatable bonds is 0. The van der Waals surface area contributed by atoms with Crippen LogP contribution >= 0.6 is 0 Å². The molecule has 4 heteroatoms. The Bertz CT molecular complexity index is 281. The lowest BCUT2D eigenvalue weighted by molar-refractivity contribution is 0.885. The molecule has 0 saturated carbocycles. The van der Waals surface area contributed by atoms with Crippen LogP contribution in [0.25, 0.3) is 11.0 Å². The van der Waals surface area contributed by atoms with Crippen LogP contribution in [0.2, 0.25) is 0 Å². The van der Waals surface area contributed by atoms with Crippen LogP contribution in [0.15, 0.2) is 24.5 Å². The highest BCUT2D eigenvalue weighted by Gasteiger charge is 1.90. The fourth-order valence-corrected chi connectivity index (χ4v) is 0.750. The molecule has 2 aromatic rings. The molecule has 4 nitrogen and oxygen atoms in total. The minimum absolute atomic E-state index is 0.637. The van der Waals surface area contributed by atoms with E-state index in [1.54, 1.807) is 12.4 Å². The second-order valence-electron chi connectivity index (χ2n) is 1.85. The van der Waals surface area contributed by atoms with Gasteiger partial charge < -0.3 is 0 Å². The summed E-state index contributed by atoms with van der Waals surface area (Å²) in [7, 11) is 0. The van der Waals surface area contributed by atoms with Crippen molar-refractivity contribution in [1.82, 2.24) is 20.4 Å². The van der Waals surface area contributed by atoms with E-state index < -0.39 is 0 Å². The van der Waals surface area contributed by atoms with Gasteiger partial charge in [-0.1, -0.05) is 0 Å². The first-order valence-corrected chi connectivity index (χ1v) is 2.86. The van der Waals surface area contributed by atoms with Crippen molar-refractivity contribution in [2.24, 2.45) is 0 Å². The van der Waals surface area contributed by atoms with Crippen LogP contribution in [-0.4, -0.2) is 20.4 Å². The third kappa shape index (κ3) is 0.699. The molecule has 0 spiro atoms. The normalized spacial score (nSPS) is 10.0. The van der Waals surface area contributed by atoms with Crippen molar-refractivity contribution in [2.45, 2.75) is 0 Å². The van der Waals surface area contributed by atoms with Crippen LogP contribution in [0.3, 0.4) is 0 Å². The van der Waals surface area contributed by atoms with Gasteiger partial charge >= 0.3 is 0 Å². The van der Waals surface area contributed by atoms with Gasteiger partial charge in [-0.3, -0.25) is 0 Å². The van der Waals surface area contributed by atoms with Gasteiger partial charge in [0.05, 0.1) is 6.20 Å². The second kappa shape index (κ2) is 1.98. The summed E-state index contributed by atoms with van der Waals surface area (Å²) >= 11 is 0. The van der Waals surface area contributed by atoms with Gasteiger partial charge in [0.25, 0.3) is 0 Å². The largest absolute Gasteiger partial charge is 0.235 e. The van der Waals surface area contributed by atoms with E-state index >= 15 is 0 Å². The summed E-state index contributed by atoms with van der Waals surface area (Å²) in [6.45, 7) is 0. The molecular weight excluding hydrogens is 128 g/mol. The van der Waals surface area contributed by atoms with Gasteiger partial charge in [-0.2, -0.15) is 0 Å². The van der Waals surface area contributed by atoms with Crippen molar-refractivity contribution in [3.63, 3.8) is 0 Å². The summed E-state index contributed by atoms with van der Waals surface area (Å²) in [5.41, 5.74) is 0.637. The highest BCUT2D eigenvalue weighted by Crippen LogP contribution is 2.01. The zero-order valence-corrected chi connectivity index (χ0v) is 5.10. The zero-order chi connectivity index (χ0) is 6.81. The SMILES string of the molecule is c1cnc2nnncc2c1. The van der Waals surface area contributed by atoms with Crippen molar-refractivity contribution in [3.8, 4) is 0 Å². The molecule has 0 bridgehead atoms. The second-order valence-corrected chi connectivity index (χ2v) is 1.85. The Morgan fingerprint density at radius 1 is 1.30 bits per heavy atom. The van der Waals surface area contributed by atoms with Crippen molar-refractivity contribution < 1.29 is 0 Å². The Labute approximate surface area is 56.9 Å². The molecule has 0 unspecified atom stereocenters. The van der Waals surface area contributed by atoms with Gasteiger partial charge in [0.15, 0.2) is 5.65 Å². The molecule has 2 aromatic heterocycles. The Morgan fingerprint density at radius 2 is 2.30 bits per heavy atom. The summed E-state index contributed by atoms with van der Waals surface area (Å²) in [6, 6.07) is 3.73. The van der Waals surface area contributed by atoms with Crippen LogP contribution in [0.1, 0.15) is 0 Å². The van der Waals surface area contributed by atoms with Gasteiger partial charge in [0.1, 0.15) is 0 Å². The van der Waals surface area contributed by atoms with E-state index in [4.69, 9.17) is 0 Å². The third-order valence-electron chi connectivity index (χ3n) is 1.20. The smallest absolute Gasteiger partial charge is 0.185 e. The lowest BCUT2D eigenvalue weighted by Gasteiger charge is -1.88. The van der Waals surface area contributed by atoms with Gasteiger partial charge in [-0.15, -0.1) is 10.2 Å². The van der Waals surface area contributed by atoms with Crippen molar-refractivity contribution in [1.29, 1.82) is 0 Å². The summed E-state index contributed by atoms with van der Waals surface area (Å²) < 4.78 is 0. The molecule has 48 valence electrons. The topological polar surface area (TPSA) is 51.6 Å². The predicted octanol–water partition coefficient (Wildman–Crippen LogP) is 0.420. The van der Waals surface area contributed by atoms with E-state index in [0.717, 1.165) is 5.39 Å². The fraction of sp³-hybridized carbons (Fsp3) is 0. The van der Waals surface area contributed by atoms with E-state index in [1.807, 2.05) is 12.1 Å². The maximum Gasteiger partial charge on any atom is 0.185 e. The van der Waals surface area contributed by atoms with Crippen molar-refractivity contribution in [3.05, 3.63) is 24.5 Å². The van der Waals surface area contributed by atoms with E-state index in [-0.39, 0.29) is 0 Å². The minimum Gasteiger partial charge on any atom is -0.235 e. The maximum absolute atomic E-state index is 3.97. The first-order chi connectivity index (χ1) is 4.97. The Morgan fingerprint density at radius 3 is 3.20 bits per heavy atom. The lowest BCUT2D eigenvalue weighted by atomic mass is 10.4. The van der Waals surface area contributed by atoms with Crippen LogP contribution < -0.4 is 0 Å². The molecule has 0 aliphatic carbocycles. The molecule has 0 atom stereocenters. The molecule has 0 aromatic carbocycles. The number of aromatic nitrogens is 4. The Balaban J connectivity index is 2.89. The maximum atomic E-state index is 3.97. The lowest BCUT2D eigenvalue weighted by Crippen LogP contribution is -1.88. The van der Waals surface area contributed by atoms with E-state index in [1.165, 1.54) is 0 Å². The summed E-state index contributed by atoms with van der Waals surface area (Å²) in [6.07, 6.45) is 3.31. The third-order valence-corrected chi connectivity index (χ3v) is 1.20. The van der Waals surface area contributed by atoms with Crippen LogP contribution in [0, 0.1) is 0 Å². The zero-order valence-electron chi connectivity index (χ0n) is 5.10. The number of pyridine rings is 1. The first kappa shape index (κ1) is 5.22. The van der Waals surface area contributed by atoms with Gasteiger partial charge in [0, 0.05) is 11.6 Å². The minimum atomic E-state index is 0.637. The molecule has 0 aliphatic heterocycles. The van der Waals surface area contributed by atoms with E-state index in [9.17, 15) is 0 Å². The molecule has 10 heavy (non-hydrogen) atoms. The standard InChI is InChI=1S/C6H4N4/c1-2-5-4-8-10-9-6(5)7-3-1/h1-4H. The van der Waals surface area contributed by atoms with Crippen LogP contribution in [-0.2, 0) is 0 Å². The first-order valence-electron chi connectivity index (χ1n) is 2.86. The van der Waals surface area contributed by atoms with Crippen molar-refractivity contribution in [2.75, 3.05) is 0 Å². The molecule has 0 N–H and O–H groups in total. The fourth-order valence-electron chi connectivity index (χ4n) is 0.750. The quantitative estimate of drug-likeness (QED) is 0.521. The molecular formula is C6H4N4. The Hall–Kier alpha value is -1.58. The summed E-state index contributed by atoms with van der Waals surface area (Å²) in [5.74, 6) is 0. The van der Waals surface area contributed by atoms with Gasteiger partial charge in [-0.05, 0) is 17.3 Å². The molecule has 0 amide bonds. The molecule has 2 rings (SSSR count). The Kier molecular flexibility index (Phi) is 1.04. The average Bonchev–Trinajstić information content (AvgIpc) is 2.05. The predicted molar refractivity (Wildman–Crippen MR) is 35.1 cm³/mol. The molecule has 0 aliphatic rings. The number of nitrogens with zero attached hydrogens (tertiary/aromatic N) is 4. The van der Waals surface area contributed by atoms with Crippen LogP contribution in [0.4, 0.5) is 0 Å². The molecule has 0 radical (unpaired) electrons. The van der Waals surface area contributed by atoms with E-state index in [0.29, 0.717) is 5.65 Å². The highest BCUT2D eigenvalue weighted by atomic mass is 15.3. The molecule has 0 saturated heterocycles. The number of hydrogen-bond donors (Lipinski definition) is 0. The molecule has 0 fully saturated rings.